The molecule has 0 N–H and O–H groups in total. The molecule has 1 unspecified atom stereocenters. The van der Waals surface area contributed by atoms with Crippen LogP contribution in [0.3, 0.4) is 0 Å². The van der Waals surface area contributed by atoms with Crippen LogP contribution in [0, 0.1) is 0 Å². The van der Waals surface area contributed by atoms with Gasteiger partial charge in [0.1, 0.15) is 5.75 Å². The van der Waals surface area contributed by atoms with E-state index < -0.39 is 0 Å². The second kappa shape index (κ2) is 21.0. The van der Waals surface area contributed by atoms with Gasteiger partial charge in [0.05, 0.1) is 25.9 Å². The molecule has 5 heteroatoms. The fourth-order valence-corrected chi connectivity index (χ4v) is 3.68. The predicted octanol–water partition coefficient (Wildman–Crippen LogP) is 8.92. The molecule has 5 nitrogen and oxygen atoms in total. The Kier molecular flexibility index (Phi) is 18.6. The average Bonchev–Trinajstić information content (AvgIpc) is 2.87. The first-order valence-corrected chi connectivity index (χ1v) is 14.5. The fraction of sp³-hybridized carbons (Fsp3) is 0.710. The zero-order chi connectivity index (χ0) is 26.4. The van der Waals surface area contributed by atoms with Gasteiger partial charge in [-0.1, -0.05) is 85.5 Å². The molecular formula is C31H52O5. The van der Waals surface area contributed by atoms with E-state index in [1.807, 2.05) is 26.0 Å². The van der Waals surface area contributed by atoms with Crippen molar-refractivity contribution in [2.24, 2.45) is 0 Å². The quantitative estimate of drug-likeness (QED) is 0.0896. The molecule has 1 rings (SSSR count). The van der Waals surface area contributed by atoms with Crippen LogP contribution in [-0.4, -0.2) is 31.9 Å². The maximum Gasteiger partial charge on any atom is 0.331 e. The van der Waals surface area contributed by atoms with Gasteiger partial charge >= 0.3 is 5.97 Å². The number of esters is 1. The Morgan fingerprint density at radius 1 is 0.750 bits per heavy atom. The van der Waals surface area contributed by atoms with Crippen LogP contribution in [0.25, 0.3) is 6.08 Å². The van der Waals surface area contributed by atoms with Crippen LogP contribution in [0.5, 0.6) is 17.2 Å². The molecule has 0 saturated heterocycles. The van der Waals surface area contributed by atoms with Gasteiger partial charge in [0.25, 0.3) is 0 Å². The van der Waals surface area contributed by atoms with Crippen LogP contribution in [0.4, 0.5) is 0 Å². The normalized spacial score (nSPS) is 12.0. The van der Waals surface area contributed by atoms with E-state index in [0.29, 0.717) is 31.3 Å². The number of rotatable bonds is 22. The summed E-state index contributed by atoms with van der Waals surface area (Å²) in [5.41, 5.74) is 0.779. The number of hydrogen-bond acceptors (Lipinski definition) is 5. The third-order valence-corrected chi connectivity index (χ3v) is 6.11. The first-order valence-electron chi connectivity index (χ1n) is 14.5. The maximum absolute atomic E-state index is 12.3. The standard InChI is InChI=1S/C31H52O5/c1-6-10-13-16-21-33-28-24-27(19-20-30(32)36-26(5)9-4)31(35-23-18-15-12-8-3)29(25-28)34-22-17-14-11-7-2/h19-20,24-26H,6-18,21-23H2,1-5H3. The van der Waals surface area contributed by atoms with Crippen molar-refractivity contribution in [1.82, 2.24) is 0 Å². The zero-order valence-electron chi connectivity index (χ0n) is 23.7. The van der Waals surface area contributed by atoms with Crippen molar-refractivity contribution in [3.05, 3.63) is 23.8 Å². The van der Waals surface area contributed by atoms with Gasteiger partial charge in [-0.15, -0.1) is 0 Å². The van der Waals surface area contributed by atoms with Gasteiger partial charge in [0.15, 0.2) is 11.5 Å². The molecule has 1 aromatic rings. The molecule has 0 bridgehead atoms. The Balaban J connectivity index is 3.12. The SMILES string of the molecule is CCCCCCOc1cc(C=CC(=O)OC(C)CC)c(OCCCCCC)c(OCCCCCC)c1. The molecular weight excluding hydrogens is 452 g/mol. The van der Waals surface area contributed by atoms with E-state index in [-0.39, 0.29) is 12.1 Å². The lowest BCUT2D eigenvalue weighted by molar-refractivity contribution is -0.142. The predicted molar refractivity (Wildman–Crippen MR) is 150 cm³/mol. The van der Waals surface area contributed by atoms with Crippen molar-refractivity contribution in [2.75, 3.05) is 19.8 Å². The Morgan fingerprint density at radius 3 is 1.86 bits per heavy atom. The number of hydrogen-bond donors (Lipinski definition) is 0. The number of unbranched alkanes of at least 4 members (excludes halogenated alkanes) is 9. The van der Waals surface area contributed by atoms with E-state index in [9.17, 15) is 4.79 Å². The molecule has 0 aromatic heterocycles. The minimum atomic E-state index is -0.355. The molecule has 0 aliphatic heterocycles. The molecule has 0 fully saturated rings. The molecule has 0 saturated carbocycles. The largest absolute Gasteiger partial charge is 0.493 e. The molecule has 0 amide bonds. The molecule has 36 heavy (non-hydrogen) atoms. The lowest BCUT2D eigenvalue weighted by Crippen LogP contribution is -2.11. The zero-order valence-corrected chi connectivity index (χ0v) is 23.7. The summed E-state index contributed by atoms with van der Waals surface area (Å²) in [6, 6.07) is 3.88. The highest BCUT2D eigenvalue weighted by Crippen LogP contribution is 2.37. The van der Waals surface area contributed by atoms with Crippen molar-refractivity contribution in [3.63, 3.8) is 0 Å². The molecule has 0 aliphatic rings. The summed E-state index contributed by atoms with van der Waals surface area (Å²) in [6.45, 7) is 12.4. The lowest BCUT2D eigenvalue weighted by atomic mass is 10.1. The molecule has 206 valence electrons. The monoisotopic (exact) mass is 504 g/mol. The van der Waals surface area contributed by atoms with Crippen molar-refractivity contribution in [2.45, 2.75) is 124 Å². The van der Waals surface area contributed by atoms with E-state index >= 15 is 0 Å². The summed E-state index contributed by atoms with van der Waals surface area (Å²) in [4.78, 5) is 12.3. The number of benzene rings is 1. The average molecular weight is 505 g/mol. The summed E-state index contributed by atoms with van der Waals surface area (Å²) >= 11 is 0. The summed E-state index contributed by atoms with van der Waals surface area (Å²) in [7, 11) is 0. The highest BCUT2D eigenvalue weighted by atomic mass is 16.5. The first-order chi connectivity index (χ1) is 17.5. The Morgan fingerprint density at radius 2 is 1.31 bits per heavy atom. The van der Waals surface area contributed by atoms with Crippen LogP contribution >= 0.6 is 0 Å². The van der Waals surface area contributed by atoms with E-state index in [4.69, 9.17) is 18.9 Å². The van der Waals surface area contributed by atoms with Gasteiger partial charge in [0, 0.05) is 17.7 Å². The third kappa shape index (κ3) is 14.4. The lowest BCUT2D eigenvalue weighted by Gasteiger charge is -2.18. The van der Waals surface area contributed by atoms with Crippen LogP contribution in [0.2, 0.25) is 0 Å². The summed E-state index contributed by atoms with van der Waals surface area (Å²) < 4.78 is 24.0. The van der Waals surface area contributed by atoms with Crippen LogP contribution in [-0.2, 0) is 9.53 Å². The molecule has 1 atom stereocenters. The van der Waals surface area contributed by atoms with Gasteiger partial charge in [-0.25, -0.2) is 4.79 Å². The van der Waals surface area contributed by atoms with Gasteiger partial charge < -0.3 is 18.9 Å². The van der Waals surface area contributed by atoms with Crippen LogP contribution in [0.15, 0.2) is 18.2 Å². The van der Waals surface area contributed by atoms with E-state index in [1.165, 1.54) is 44.6 Å². The van der Waals surface area contributed by atoms with Crippen molar-refractivity contribution in [1.29, 1.82) is 0 Å². The number of carbonyl (C=O) groups excluding carboxylic acids is 1. The minimum Gasteiger partial charge on any atom is -0.493 e. The van der Waals surface area contributed by atoms with Gasteiger partial charge in [-0.3, -0.25) is 0 Å². The van der Waals surface area contributed by atoms with Crippen molar-refractivity contribution < 1.29 is 23.7 Å². The van der Waals surface area contributed by atoms with Gasteiger partial charge in [0.2, 0.25) is 0 Å². The molecule has 0 heterocycles. The van der Waals surface area contributed by atoms with E-state index in [0.717, 1.165) is 56.3 Å². The van der Waals surface area contributed by atoms with Crippen LogP contribution < -0.4 is 14.2 Å². The smallest absolute Gasteiger partial charge is 0.331 e. The van der Waals surface area contributed by atoms with Crippen molar-refractivity contribution in [3.8, 4) is 17.2 Å². The van der Waals surface area contributed by atoms with Crippen molar-refractivity contribution >= 4 is 12.0 Å². The highest BCUT2D eigenvalue weighted by molar-refractivity contribution is 5.88. The Labute approximate surface area is 220 Å². The van der Waals surface area contributed by atoms with Crippen LogP contribution in [0.1, 0.15) is 124 Å². The van der Waals surface area contributed by atoms with Gasteiger partial charge in [-0.2, -0.15) is 0 Å². The number of ether oxygens (including phenoxy) is 4. The molecule has 1 aromatic carbocycles. The third-order valence-electron chi connectivity index (χ3n) is 6.11. The molecule has 0 spiro atoms. The fourth-order valence-electron chi connectivity index (χ4n) is 3.68. The maximum atomic E-state index is 12.3. The Hall–Kier alpha value is -2.17. The topological polar surface area (TPSA) is 54.0 Å². The number of carbonyl (C=O) groups is 1. The summed E-state index contributed by atoms with van der Waals surface area (Å²) in [5, 5.41) is 0. The molecule has 0 aliphatic carbocycles. The minimum absolute atomic E-state index is 0.115. The van der Waals surface area contributed by atoms with E-state index in [2.05, 4.69) is 20.8 Å². The Bertz CT molecular complexity index is 728. The summed E-state index contributed by atoms with van der Waals surface area (Å²) in [6.07, 6.45) is 17.5. The highest BCUT2D eigenvalue weighted by Gasteiger charge is 2.15. The second-order valence-corrected chi connectivity index (χ2v) is 9.56. The second-order valence-electron chi connectivity index (χ2n) is 9.56. The van der Waals surface area contributed by atoms with E-state index in [1.54, 1.807) is 6.08 Å². The first kappa shape index (κ1) is 31.9. The summed E-state index contributed by atoms with van der Waals surface area (Å²) in [5.74, 6) is 1.74. The van der Waals surface area contributed by atoms with Gasteiger partial charge in [-0.05, 0) is 44.7 Å². The molecule has 0 radical (unpaired) electrons.